The van der Waals surface area contributed by atoms with Gasteiger partial charge in [0.25, 0.3) is 0 Å². The van der Waals surface area contributed by atoms with E-state index in [1.807, 2.05) is 17.9 Å². The van der Waals surface area contributed by atoms with E-state index in [0.717, 1.165) is 38.3 Å². The Morgan fingerprint density at radius 3 is 2.81 bits per heavy atom. The van der Waals surface area contributed by atoms with E-state index in [2.05, 4.69) is 31.2 Å². The summed E-state index contributed by atoms with van der Waals surface area (Å²) < 4.78 is 28.7. The standard InChI is InChI=1S/C17H30N6O2S/c1-18-17(19-7-9-26(24,25)21-10-14-4-3-5-14)23-8-6-15(13-23)16-11-20-22(2)12-16/h11-12,14-15,21H,3-10,13H2,1-2H3,(H,18,19). The van der Waals surface area contributed by atoms with Gasteiger partial charge in [0.05, 0.1) is 11.9 Å². The number of hydrogen-bond acceptors (Lipinski definition) is 4. The summed E-state index contributed by atoms with van der Waals surface area (Å²) in [5.41, 5.74) is 1.24. The van der Waals surface area contributed by atoms with Crippen molar-refractivity contribution in [2.75, 3.05) is 39.0 Å². The van der Waals surface area contributed by atoms with Crippen molar-refractivity contribution in [1.29, 1.82) is 0 Å². The van der Waals surface area contributed by atoms with Crippen LogP contribution in [0.1, 0.15) is 37.2 Å². The van der Waals surface area contributed by atoms with Crippen molar-refractivity contribution in [3.63, 3.8) is 0 Å². The Balaban J connectivity index is 1.43. The number of sulfonamides is 1. The number of likely N-dealkylation sites (tertiary alicyclic amines) is 1. The van der Waals surface area contributed by atoms with Gasteiger partial charge in [0, 0.05) is 52.4 Å². The Kier molecular flexibility index (Phi) is 6.18. The molecule has 1 aliphatic heterocycles. The third-order valence-electron chi connectivity index (χ3n) is 5.37. The molecule has 1 aromatic rings. The molecule has 2 aliphatic rings. The summed E-state index contributed by atoms with van der Waals surface area (Å²) in [6.45, 7) is 2.72. The maximum atomic E-state index is 12.1. The maximum Gasteiger partial charge on any atom is 0.213 e. The van der Waals surface area contributed by atoms with Gasteiger partial charge in [-0.3, -0.25) is 9.67 Å². The summed E-state index contributed by atoms with van der Waals surface area (Å²) in [5, 5.41) is 7.44. The summed E-state index contributed by atoms with van der Waals surface area (Å²) in [4.78, 5) is 6.50. The van der Waals surface area contributed by atoms with E-state index in [1.54, 1.807) is 7.05 Å². The molecule has 9 heteroatoms. The number of hydrogen-bond donors (Lipinski definition) is 2. The topological polar surface area (TPSA) is 91.6 Å². The normalized spacial score (nSPS) is 21.8. The number of rotatable bonds is 7. The van der Waals surface area contributed by atoms with Crippen LogP contribution < -0.4 is 10.0 Å². The molecule has 0 amide bonds. The smallest absolute Gasteiger partial charge is 0.213 e. The zero-order chi connectivity index (χ0) is 18.6. The molecule has 0 aromatic carbocycles. The Hall–Kier alpha value is -1.61. The summed E-state index contributed by atoms with van der Waals surface area (Å²) in [7, 11) is 0.438. The minimum absolute atomic E-state index is 0.0681. The van der Waals surface area contributed by atoms with Crippen molar-refractivity contribution >= 4 is 16.0 Å². The van der Waals surface area contributed by atoms with E-state index in [1.165, 1.54) is 12.0 Å². The molecule has 2 fully saturated rings. The van der Waals surface area contributed by atoms with Gasteiger partial charge < -0.3 is 10.2 Å². The molecule has 1 saturated carbocycles. The van der Waals surface area contributed by atoms with Crippen LogP contribution in [0.2, 0.25) is 0 Å². The third kappa shape index (κ3) is 4.97. The summed E-state index contributed by atoms with van der Waals surface area (Å²) in [5.74, 6) is 1.80. The zero-order valence-corrected chi connectivity index (χ0v) is 16.5. The van der Waals surface area contributed by atoms with Crippen LogP contribution in [-0.4, -0.2) is 68.0 Å². The van der Waals surface area contributed by atoms with Crippen molar-refractivity contribution in [2.45, 2.75) is 31.6 Å². The predicted molar refractivity (Wildman–Crippen MR) is 103 cm³/mol. The van der Waals surface area contributed by atoms with Crippen LogP contribution in [-0.2, 0) is 17.1 Å². The molecular weight excluding hydrogens is 352 g/mol. The Morgan fingerprint density at radius 2 is 2.19 bits per heavy atom. The van der Waals surface area contributed by atoms with Crippen LogP contribution >= 0.6 is 0 Å². The molecule has 1 aliphatic carbocycles. The average molecular weight is 383 g/mol. The van der Waals surface area contributed by atoms with Crippen LogP contribution in [0.25, 0.3) is 0 Å². The molecular formula is C17H30N6O2S. The van der Waals surface area contributed by atoms with Crippen LogP contribution in [0.4, 0.5) is 0 Å². The third-order valence-corrected chi connectivity index (χ3v) is 6.71. The number of aryl methyl sites for hydroxylation is 1. The fraction of sp³-hybridized carbons (Fsp3) is 0.765. The fourth-order valence-corrected chi connectivity index (χ4v) is 4.52. The minimum Gasteiger partial charge on any atom is -0.355 e. The van der Waals surface area contributed by atoms with Gasteiger partial charge in [-0.05, 0) is 30.7 Å². The average Bonchev–Trinajstić information content (AvgIpc) is 3.19. The van der Waals surface area contributed by atoms with Crippen molar-refractivity contribution in [1.82, 2.24) is 24.7 Å². The first-order valence-corrected chi connectivity index (χ1v) is 11.0. The molecule has 146 valence electrons. The van der Waals surface area contributed by atoms with Gasteiger partial charge in [-0.2, -0.15) is 5.10 Å². The second-order valence-electron chi connectivity index (χ2n) is 7.32. The molecule has 1 unspecified atom stereocenters. The second kappa shape index (κ2) is 8.39. The van der Waals surface area contributed by atoms with E-state index in [0.29, 0.717) is 24.9 Å². The molecule has 1 aromatic heterocycles. The van der Waals surface area contributed by atoms with Gasteiger partial charge in [-0.25, -0.2) is 13.1 Å². The van der Waals surface area contributed by atoms with Gasteiger partial charge >= 0.3 is 0 Å². The van der Waals surface area contributed by atoms with Crippen LogP contribution in [0.15, 0.2) is 17.4 Å². The number of nitrogens with one attached hydrogen (secondary N) is 2. The fourth-order valence-electron chi connectivity index (χ4n) is 3.52. The Labute approximate surface area is 156 Å². The molecule has 26 heavy (non-hydrogen) atoms. The van der Waals surface area contributed by atoms with Gasteiger partial charge in [-0.1, -0.05) is 6.42 Å². The maximum absolute atomic E-state index is 12.1. The molecule has 2 heterocycles. The number of aromatic nitrogens is 2. The van der Waals surface area contributed by atoms with Crippen molar-refractivity contribution in [3.05, 3.63) is 18.0 Å². The lowest BCUT2D eigenvalue weighted by Gasteiger charge is -2.25. The number of guanidine groups is 1. The molecule has 0 spiro atoms. The molecule has 0 bridgehead atoms. The largest absolute Gasteiger partial charge is 0.355 e. The summed E-state index contributed by atoms with van der Waals surface area (Å²) >= 11 is 0. The summed E-state index contributed by atoms with van der Waals surface area (Å²) in [6.07, 6.45) is 8.53. The van der Waals surface area contributed by atoms with Crippen molar-refractivity contribution in [3.8, 4) is 0 Å². The van der Waals surface area contributed by atoms with Gasteiger partial charge in [0.15, 0.2) is 5.96 Å². The molecule has 3 rings (SSSR count). The monoisotopic (exact) mass is 382 g/mol. The zero-order valence-electron chi connectivity index (χ0n) is 15.7. The molecule has 1 saturated heterocycles. The highest BCUT2D eigenvalue weighted by atomic mass is 32.2. The van der Waals surface area contributed by atoms with Gasteiger partial charge in [0.1, 0.15) is 0 Å². The quantitative estimate of drug-likeness (QED) is 0.529. The predicted octanol–water partition coefficient (Wildman–Crippen LogP) is 0.504. The lowest BCUT2D eigenvalue weighted by atomic mass is 9.86. The molecule has 0 radical (unpaired) electrons. The SMILES string of the molecule is CN=C(NCCS(=O)(=O)NCC1CCC1)N1CCC(c2cnn(C)c2)C1. The van der Waals surface area contributed by atoms with E-state index in [9.17, 15) is 8.42 Å². The molecule has 8 nitrogen and oxygen atoms in total. The van der Waals surface area contributed by atoms with E-state index in [4.69, 9.17) is 0 Å². The highest BCUT2D eigenvalue weighted by Crippen LogP contribution is 2.27. The lowest BCUT2D eigenvalue weighted by Crippen LogP contribution is -2.43. The Morgan fingerprint density at radius 1 is 1.38 bits per heavy atom. The van der Waals surface area contributed by atoms with Crippen LogP contribution in [0.3, 0.4) is 0 Å². The first kappa shape index (κ1) is 19.2. The Bertz CT molecular complexity index is 725. The van der Waals surface area contributed by atoms with Crippen LogP contribution in [0.5, 0.6) is 0 Å². The molecule has 2 N–H and O–H groups in total. The highest BCUT2D eigenvalue weighted by Gasteiger charge is 2.27. The number of nitrogens with zero attached hydrogens (tertiary/aromatic N) is 4. The second-order valence-corrected chi connectivity index (χ2v) is 9.24. The molecule has 1 atom stereocenters. The first-order chi connectivity index (χ1) is 12.5. The van der Waals surface area contributed by atoms with Crippen molar-refractivity contribution < 1.29 is 8.42 Å². The van der Waals surface area contributed by atoms with E-state index >= 15 is 0 Å². The van der Waals surface area contributed by atoms with Crippen LogP contribution in [0, 0.1) is 5.92 Å². The van der Waals surface area contributed by atoms with E-state index < -0.39 is 10.0 Å². The highest BCUT2D eigenvalue weighted by molar-refractivity contribution is 7.89. The lowest BCUT2D eigenvalue weighted by molar-refractivity contribution is 0.316. The number of aliphatic imine (C=N–C) groups is 1. The van der Waals surface area contributed by atoms with Gasteiger partial charge in [0.2, 0.25) is 10.0 Å². The first-order valence-electron chi connectivity index (χ1n) is 9.38. The summed E-state index contributed by atoms with van der Waals surface area (Å²) in [6, 6.07) is 0. The van der Waals surface area contributed by atoms with Gasteiger partial charge in [-0.15, -0.1) is 0 Å². The van der Waals surface area contributed by atoms with Crippen molar-refractivity contribution in [2.24, 2.45) is 18.0 Å². The van der Waals surface area contributed by atoms with E-state index in [-0.39, 0.29) is 5.75 Å². The minimum atomic E-state index is -3.23.